The molecule has 42 heavy (non-hydrogen) atoms. The summed E-state index contributed by atoms with van der Waals surface area (Å²) in [6.07, 6.45) is -0.180. The number of carbonyl (C=O) groups excluding carboxylic acids is 4. The molecule has 2 N–H and O–H groups in total. The van der Waals surface area contributed by atoms with Gasteiger partial charge in [-0.15, -0.1) is 0 Å². The van der Waals surface area contributed by atoms with E-state index in [1.165, 1.54) is 11.9 Å². The van der Waals surface area contributed by atoms with E-state index in [0.717, 1.165) is 5.56 Å². The number of hydrogen-bond acceptors (Lipinski definition) is 6. The Kier molecular flexibility index (Phi) is 12.1. The Hall–Kier alpha value is -3.88. The van der Waals surface area contributed by atoms with Crippen molar-refractivity contribution in [2.75, 3.05) is 7.05 Å². The molecule has 3 amide bonds. The number of nitrogens with one attached hydrogen (secondary N) is 2. The van der Waals surface area contributed by atoms with E-state index in [1.807, 2.05) is 50.2 Å². The van der Waals surface area contributed by atoms with Gasteiger partial charge in [0, 0.05) is 13.5 Å². The molecule has 0 aromatic heterocycles. The van der Waals surface area contributed by atoms with E-state index in [1.54, 1.807) is 65.8 Å². The minimum absolute atomic E-state index is 0.0636. The number of amides is 3. The number of rotatable bonds is 11. The van der Waals surface area contributed by atoms with Crippen LogP contribution in [0.1, 0.15) is 79.0 Å². The van der Waals surface area contributed by atoms with E-state index in [-0.39, 0.29) is 12.3 Å². The van der Waals surface area contributed by atoms with Crippen LogP contribution in [0.4, 0.5) is 4.79 Å². The highest BCUT2D eigenvalue weighted by atomic mass is 16.6. The smallest absolute Gasteiger partial charge is 0.408 e. The number of likely N-dealkylation sites (N-methyl/N-ethyl adjacent to an activating group) is 1. The van der Waals surface area contributed by atoms with Gasteiger partial charge in [-0.1, -0.05) is 74.5 Å². The zero-order valence-corrected chi connectivity index (χ0v) is 26.4. The van der Waals surface area contributed by atoms with Gasteiger partial charge in [0.25, 0.3) is 0 Å². The van der Waals surface area contributed by atoms with Gasteiger partial charge in [0.1, 0.15) is 29.3 Å². The fourth-order valence-electron chi connectivity index (χ4n) is 4.37. The fraction of sp³-hybridized carbons (Fsp3) is 0.515. The highest BCUT2D eigenvalue weighted by Crippen LogP contribution is 2.23. The quantitative estimate of drug-likeness (QED) is 0.353. The second-order valence-electron chi connectivity index (χ2n) is 12.9. The summed E-state index contributed by atoms with van der Waals surface area (Å²) in [5.74, 6) is -1.53. The molecule has 0 radical (unpaired) electrons. The number of benzene rings is 2. The fourth-order valence-corrected chi connectivity index (χ4v) is 4.37. The first kappa shape index (κ1) is 34.3. The molecule has 3 atom stereocenters. The van der Waals surface area contributed by atoms with Crippen molar-refractivity contribution >= 4 is 23.9 Å². The molecular weight excluding hydrogens is 534 g/mol. The first-order valence-electron chi connectivity index (χ1n) is 14.3. The molecule has 0 spiro atoms. The number of carbonyl (C=O) groups is 4. The first-order chi connectivity index (χ1) is 19.5. The van der Waals surface area contributed by atoms with Crippen LogP contribution >= 0.6 is 0 Å². The molecule has 2 aromatic rings. The Morgan fingerprint density at radius 1 is 0.762 bits per heavy atom. The molecule has 0 fully saturated rings. The van der Waals surface area contributed by atoms with Crippen molar-refractivity contribution < 1.29 is 28.7 Å². The zero-order valence-electron chi connectivity index (χ0n) is 26.4. The molecular formula is C33H47N3O6. The molecule has 3 unspecified atom stereocenters. The Morgan fingerprint density at radius 3 is 1.79 bits per heavy atom. The molecule has 0 bridgehead atoms. The van der Waals surface area contributed by atoms with Crippen LogP contribution in [0.5, 0.6) is 0 Å². The molecule has 230 valence electrons. The molecule has 0 aliphatic carbocycles. The SMILES string of the molecule is CC(C)CC(NC(=O)OC(C)(C)C)C(=O)N(C)C(C(=O)NC(Cc1ccccc1)C(=O)OC(C)(C)C)c1ccccc1. The normalized spacial score (nSPS) is 13.9. The Bertz CT molecular complexity index is 1190. The van der Waals surface area contributed by atoms with Gasteiger partial charge in [0.05, 0.1) is 0 Å². The Balaban J connectivity index is 2.42. The van der Waals surface area contributed by atoms with E-state index in [9.17, 15) is 19.2 Å². The lowest BCUT2D eigenvalue weighted by atomic mass is 9.99. The minimum atomic E-state index is -1.09. The Morgan fingerprint density at radius 2 is 1.29 bits per heavy atom. The summed E-state index contributed by atoms with van der Waals surface area (Å²) < 4.78 is 11.0. The van der Waals surface area contributed by atoms with Gasteiger partial charge in [-0.25, -0.2) is 9.59 Å². The topological polar surface area (TPSA) is 114 Å². The number of hydrogen-bond donors (Lipinski definition) is 2. The van der Waals surface area contributed by atoms with Crippen LogP contribution in [0.15, 0.2) is 60.7 Å². The predicted molar refractivity (Wildman–Crippen MR) is 162 cm³/mol. The van der Waals surface area contributed by atoms with Crippen molar-refractivity contribution in [3.63, 3.8) is 0 Å². The van der Waals surface area contributed by atoms with Crippen LogP contribution in [0.25, 0.3) is 0 Å². The molecule has 0 saturated carbocycles. The lowest BCUT2D eigenvalue weighted by molar-refractivity contribution is -0.159. The third-order valence-corrected chi connectivity index (χ3v) is 6.09. The van der Waals surface area contributed by atoms with Gasteiger partial charge < -0.3 is 25.0 Å². The van der Waals surface area contributed by atoms with Gasteiger partial charge in [-0.05, 0) is 65.0 Å². The van der Waals surface area contributed by atoms with Gasteiger partial charge >= 0.3 is 12.1 Å². The van der Waals surface area contributed by atoms with E-state index < -0.39 is 53.2 Å². The van der Waals surface area contributed by atoms with E-state index in [4.69, 9.17) is 9.47 Å². The number of ether oxygens (including phenoxy) is 2. The second kappa shape index (κ2) is 14.8. The average Bonchev–Trinajstić information content (AvgIpc) is 2.86. The summed E-state index contributed by atoms with van der Waals surface area (Å²) in [7, 11) is 1.52. The summed E-state index contributed by atoms with van der Waals surface area (Å²) in [4.78, 5) is 55.1. The summed E-state index contributed by atoms with van der Waals surface area (Å²) in [6, 6.07) is 15.1. The summed E-state index contributed by atoms with van der Waals surface area (Å²) in [5, 5.41) is 5.54. The maximum absolute atomic E-state index is 14.0. The first-order valence-corrected chi connectivity index (χ1v) is 14.3. The Labute approximate surface area is 250 Å². The largest absolute Gasteiger partial charge is 0.458 e. The van der Waals surface area contributed by atoms with Crippen LogP contribution in [0.3, 0.4) is 0 Å². The lowest BCUT2D eigenvalue weighted by Crippen LogP contribution is -2.54. The highest BCUT2D eigenvalue weighted by molar-refractivity contribution is 5.93. The highest BCUT2D eigenvalue weighted by Gasteiger charge is 2.36. The van der Waals surface area contributed by atoms with Crippen molar-refractivity contribution in [1.29, 1.82) is 0 Å². The van der Waals surface area contributed by atoms with Crippen molar-refractivity contribution in [2.45, 2.75) is 97.6 Å². The molecule has 0 saturated heterocycles. The molecule has 2 aromatic carbocycles. The van der Waals surface area contributed by atoms with Crippen molar-refractivity contribution in [2.24, 2.45) is 5.92 Å². The standard InChI is InChI=1S/C33H47N3O6/c1-22(2)20-25(35-31(40)42-33(6,7)8)29(38)36(9)27(24-18-14-11-15-19-24)28(37)34-26(30(39)41-32(3,4)5)21-23-16-12-10-13-17-23/h10-19,22,25-27H,20-21H2,1-9H3,(H,34,37)(H,35,40). The summed E-state index contributed by atoms with van der Waals surface area (Å²) in [5.41, 5.74) is -0.120. The van der Waals surface area contributed by atoms with E-state index in [0.29, 0.717) is 12.0 Å². The van der Waals surface area contributed by atoms with Crippen LogP contribution < -0.4 is 10.6 Å². The van der Waals surface area contributed by atoms with Crippen LogP contribution in [-0.4, -0.2) is 59.1 Å². The van der Waals surface area contributed by atoms with Gasteiger partial charge in [0.15, 0.2) is 0 Å². The van der Waals surface area contributed by atoms with Crippen molar-refractivity contribution in [3.05, 3.63) is 71.8 Å². The number of nitrogens with zero attached hydrogens (tertiary/aromatic N) is 1. The number of alkyl carbamates (subject to hydrolysis) is 1. The maximum Gasteiger partial charge on any atom is 0.408 e. The molecule has 0 aliphatic heterocycles. The van der Waals surface area contributed by atoms with E-state index in [2.05, 4.69) is 10.6 Å². The van der Waals surface area contributed by atoms with Crippen LogP contribution in [0.2, 0.25) is 0 Å². The summed E-state index contributed by atoms with van der Waals surface area (Å²) >= 11 is 0. The lowest BCUT2D eigenvalue weighted by Gasteiger charge is -2.33. The maximum atomic E-state index is 14.0. The summed E-state index contributed by atoms with van der Waals surface area (Å²) in [6.45, 7) is 14.4. The van der Waals surface area contributed by atoms with Crippen LogP contribution in [0, 0.1) is 5.92 Å². The zero-order chi connectivity index (χ0) is 31.7. The van der Waals surface area contributed by atoms with Crippen LogP contribution in [-0.2, 0) is 30.3 Å². The predicted octanol–water partition coefficient (Wildman–Crippen LogP) is 5.19. The third kappa shape index (κ3) is 11.5. The molecule has 2 rings (SSSR count). The molecule has 0 heterocycles. The molecule has 0 aliphatic rings. The van der Waals surface area contributed by atoms with Crippen molar-refractivity contribution in [3.8, 4) is 0 Å². The molecule has 9 heteroatoms. The van der Waals surface area contributed by atoms with Gasteiger partial charge in [-0.3, -0.25) is 9.59 Å². The minimum Gasteiger partial charge on any atom is -0.458 e. The average molecular weight is 582 g/mol. The third-order valence-electron chi connectivity index (χ3n) is 6.09. The van der Waals surface area contributed by atoms with Gasteiger partial charge in [-0.2, -0.15) is 0 Å². The van der Waals surface area contributed by atoms with Gasteiger partial charge in [0.2, 0.25) is 11.8 Å². The molecule has 9 nitrogen and oxygen atoms in total. The second-order valence-corrected chi connectivity index (χ2v) is 12.9. The van der Waals surface area contributed by atoms with E-state index >= 15 is 0 Å². The van der Waals surface area contributed by atoms with Crippen molar-refractivity contribution in [1.82, 2.24) is 15.5 Å². The monoisotopic (exact) mass is 581 g/mol. The number of esters is 1.